The second-order valence-electron chi connectivity index (χ2n) is 5.36. The maximum absolute atomic E-state index is 12.1. The van der Waals surface area contributed by atoms with E-state index in [2.05, 4.69) is 10.3 Å². The third kappa shape index (κ3) is 4.77. The van der Waals surface area contributed by atoms with E-state index in [0.29, 0.717) is 32.5 Å². The Morgan fingerprint density at radius 3 is 2.52 bits per heavy atom. The summed E-state index contributed by atoms with van der Waals surface area (Å²) in [5.41, 5.74) is 0.877. The molecule has 23 heavy (non-hydrogen) atoms. The summed E-state index contributed by atoms with van der Waals surface area (Å²) in [5, 5.41) is 2.60. The van der Waals surface area contributed by atoms with Crippen molar-refractivity contribution in [1.82, 2.24) is 15.2 Å². The minimum absolute atomic E-state index is 0.182. The molecule has 124 valence electrons. The van der Waals surface area contributed by atoms with Crippen LogP contribution in [0.25, 0.3) is 0 Å². The number of piperidine rings is 1. The molecule has 7 nitrogen and oxygen atoms in total. The lowest BCUT2D eigenvalue weighted by Crippen LogP contribution is -2.47. The molecule has 0 aromatic carbocycles. The maximum atomic E-state index is 12.1. The molecular weight excluding hydrogens is 298 g/mol. The molecule has 1 aromatic rings. The number of aromatic nitrogens is 1. The molecule has 0 radical (unpaired) electrons. The Bertz CT molecular complexity index is 554. The van der Waals surface area contributed by atoms with Crippen LogP contribution in [0.3, 0.4) is 0 Å². The van der Waals surface area contributed by atoms with Crippen molar-refractivity contribution in [3.63, 3.8) is 0 Å². The van der Waals surface area contributed by atoms with Gasteiger partial charge in [0.1, 0.15) is 0 Å². The highest BCUT2D eigenvalue weighted by Crippen LogP contribution is 2.18. The Balaban J connectivity index is 1.78. The highest BCUT2D eigenvalue weighted by molar-refractivity contribution is 6.35. The Labute approximate surface area is 135 Å². The Morgan fingerprint density at radius 2 is 1.91 bits per heavy atom. The van der Waals surface area contributed by atoms with Crippen LogP contribution in [-0.2, 0) is 25.7 Å². The van der Waals surface area contributed by atoms with Crippen molar-refractivity contribution in [3.8, 4) is 0 Å². The first kappa shape index (κ1) is 16.9. The largest absolute Gasteiger partial charge is 0.466 e. The molecule has 2 amide bonds. The lowest BCUT2D eigenvalue weighted by molar-refractivity contribution is -0.152. The number of pyridine rings is 1. The third-order valence-corrected chi connectivity index (χ3v) is 3.80. The van der Waals surface area contributed by atoms with Crippen LogP contribution in [0.15, 0.2) is 24.5 Å². The van der Waals surface area contributed by atoms with Crippen LogP contribution in [0.1, 0.15) is 25.3 Å². The molecular formula is C16H21N3O4. The predicted octanol–water partition coefficient (Wildman–Crippen LogP) is 0.499. The smallest absolute Gasteiger partial charge is 0.311 e. The van der Waals surface area contributed by atoms with Crippen LogP contribution >= 0.6 is 0 Å². The second kappa shape index (κ2) is 8.26. The Hall–Kier alpha value is -2.44. The first-order valence-electron chi connectivity index (χ1n) is 7.74. The monoisotopic (exact) mass is 319 g/mol. The van der Waals surface area contributed by atoms with Crippen molar-refractivity contribution in [2.75, 3.05) is 19.7 Å². The van der Waals surface area contributed by atoms with Crippen LogP contribution in [0.2, 0.25) is 0 Å². The molecule has 7 heteroatoms. The molecule has 0 spiro atoms. The van der Waals surface area contributed by atoms with E-state index in [1.807, 2.05) is 0 Å². The molecule has 0 saturated carbocycles. The minimum atomic E-state index is -0.628. The molecule has 1 aliphatic heterocycles. The number of amides is 2. The summed E-state index contributed by atoms with van der Waals surface area (Å²) in [4.78, 5) is 41.1. The van der Waals surface area contributed by atoms with E-state index in [-0.39, 0.29) is 18.4 Å². The molecule has 2 heterocycles. The van der Waals surface area contributed by atoms with E-state index in [9.17, 15) is 14.4 Å². The Morgan fingerprint density at radius 1 is 1.26 bits per heavy atom. The first-order chi connectivity index (χ1) is 11.1. The van der Waals surface area contributed by atoms with Crippen LogP contribution in [0, 0.1) is 5.92 Å². The van der Waals surface area contributed by atoms with Gasteiger partial charge in [0.05, 0.1) is 12.5 Å². The number of ether oxygens (including phenoxy) is 1. The molecule has 1 aliphatic rings. The first-order valence-corrected chi connectivity index (χ1v) is 7.74. The summed E-state index contributed by atoms with van der Waals surface area (Å²) in [6.45, 7) is 3.20. The molecule has 0 aliphatic carbocycles. The van der Waals surface area contributed by atoms with E-state index in [0.717, 1.165) is 5.56 Å². The quantitative estimate of drug-likeness (QED) is 0.645. The van der Waals surface area contributed by atoms with Gasteiger partial charge < -0.3 is 15.0 Å². The zero-order valence-electron chi connectivity index (χ0n) is 13.2. The number of likely N-dealkylation sites (tertiary alicyclic amines) is 1. The lowest BCUT2D eigenvalue weighted by atomic mass is 9.97. The fourth-order valence-electron chi connectivity index (χ4n) is 2.48. The zero-order chi connectivity index (χ0) is 16.7. The summed E-state index contributed by atoms with van der Waals surface area (Å²) in [5.74, 6) is -1.58. The summed E-state index contributed by atoms with van der Waals surface area (Å²) in [6, 6.07) is 3.55. The fourth-order valence-corrected chi connectivity index (χ4v) is 2.48. The number of rotatable bonds is 4. The second-order valence-corrected chi connectivity index (χ2v) is 5.36. The number of carbonyl (C=O) groups is 3. The van der Waals surface area contributed by atoms with Gasteiger partial charge in [-0.3, -0.25) is 19.4 Å². The van der Waals surface area contributed by atoms with Gasteiger partial charge in [-0.05, 0) is 37.5 Å². The van der Waals surface area contributed by atoms with Crippen molar-refractivity contribution in [2.45, 2.75) is 26.3 Å². The van der Waals surface area contributed by atoms with Crippen LogP contribution in [-0.4, -0.2) is 47.4 Å². The van der Waals surface area contributed by atoms with E-state index in [1.165, 1.54) is 4.90 Å². The van der Waals surface area contributed by atoms with Crippen molar-refractivity contribution in [3.05, 3.63) is 30.1 Å². The van der Waals surface area contributed by atoms with Crippen LogP contribution < -0.4 is 5.32 Å². The zero-order valence-corrected chi connectivity index (χ0v) is 13.2. The average Bonchev–Trinajstić information content (AvgIpc) is 2.60. The number of hydrogen-bond donors (Lipinski definition) is 1. The van der Waals surface area contributed by atoms with Gasteiger partial charge in [-0.2, -0.15) is 0 Å². The number of carbonyl (C=O) groups excluding carboxylic acids is 3. The van der Waals surface area contributed by atoms with Crippen LogP contribution in [0.4, 0.5) is 0 Å². The topological polar surface area (TPSA) is 88.6 Å². The molecule has 0 unspecified atom stereocenters. The van der Waals surface area contributed by atoms with Gasteiger partial charge in [-0.1, -0.05) is 0 Å². The van der Waals surface area contributed by atoms with Gasteiger partial charge >= 0.3 is 17.8 Å². The number of nitrogens with zero attached hydrogens (tertiary/aromatic N) is 2. The molecule has 1 N–H and O–H groups in total. The standard InChI is InChI=1S/C16H21N3O4/c1-2-23-16(22)13-5-9-19(10-6-13)15(21)14(20)18-11-12-3-7-17-8-4-12/h3-4,7-8,13H,2,5-6,9-11H2,1H3,(H,18,20). The highest BCUT2D eigenvalue weighted by atomic mass is 16.5. The maximum Gasteiger partial charge on any atom is 0.311 e. The number of esters is 1. The molecule has 1 saturated heterocycles. The van der Waals surface area contributed by atoms with Gasteiger partial charge in [-0.25, -0.2) is 0 Å². The van der Waals surface area contributed by atoms with E-state index < -0.39 is 11.8 Å². The van der Waals surface area contributed by atoms with Crippen LogP contribution in [0.5, 0.6) is 0 Å². The average molecular weight is 319 g/mol. The minimum Gasteiger partial charge on any atom is -0.466 e. The summed E-state index contributed by atoms with van der Waals surface area (Å²) < 4.78 is 4.99. The Kier molecular flexibility index (Phi) is 6.08. The van der Waals surface area contributed by atoms with E-state index in [1.54, 1.807) is 31.5 Å². The van der Waals surface area contributed by atoms with Crippen molar-refractivity contribution in [1.29, 1.82) is 0 Å². The third-order valence-electron chi connectivity index (χ3n) is 3.80. The predicted molar refractivity (Wildman–Crippen MR) is 82.0 cm³/mol. The summed E-state index contributed by atoms with van der Waals surface area (Å²) >= 11 is 0. The summed E-state index contributed by atoms with van der Waals surface area (Å²) in [7, 11) is 0. The molecule has 0 atom stereocenters. The van der Waals surface area contributed by atoms with E-state index >= 15 is 0 Å². The van der Waals surface area contributed by atoms with Crippen molar-refractivity contribution in [2.24, 2.45) is 5.92 Å². The number of nitrogens with one attached hydrogen (secondary N) is 1. The highest BCUT2D eigenvalue weighted by Gasteiger charge is 2.30. The van der Waals surface area contributed by atoms with E-state index in [4.69, 9.17) is 4.74 Å². The summed E-state index contributed by atoms with van der Waals surface area (Å²) in [6.07, 6.45) is 4.32. The fraction of sp³-hybridized carbons (Fsp3) is 0.500. The van der Waals surface area contributed by atoms with Crippen molar-refractivity contribution < 1.29 is 19.1 Å². The van der Waals surface area contributed by atoms with Gasteiger partial charge in [0.25, 0.3) is 0 Å². The molecule has 1 fully saturated rings. The van der Waals surface area contributed by atoms with Gasteiger partial charge in [-0.15, -0.1) is 0 Å². The van der Waals surface area contributed by atoms with Gasteiger partial charge in [0.2, 0.25) is 0 Å². The normalized spacial score (nSPS) is 15.1. The van der Waals surface area contributed by atoms with Gasteiger partial charge in [0.15, 0.2) is 0 Å². The van der Waals surface area contributed by atoms with Crippen molar-refractivity contribution >= 4 is 17.8 Å². The van der Waals surface area contributed by atoms with Gasteiger partial charge in [0, 0.05) is 32.0 Å². The molecule has 2 rings (SSSR count). The molecule has 0 bridgehead atoms. The molecule has 1 aromatic heterocycles. The lowest BCUT2D eigenvalue weighted by Gasteiger charge is -2.30. The number of hydrogen-bond acceptors (Lipinski definition) is 5. The SMILES string of the molecule is CCOC(=O)C1CCN(C(=O)C(=O)NCc2ccncc2)CC1.